The van der Waals surface area contributed by atoms with Gasteiger partial charge >= 0.3 is 12.0 Å². The van der Waals surface area contributed by atoms with E-state index in [9.17, 15) is 9.59 Å². The smallest absolute Gasteiger partial charge is 0.326 e. The molecule has 0 bridgehead atoms. The van der Waals surface area contributed by atoms with Gasteiger partial charge in [-0.1, -0.05) is 13.8 Å². The van der Waals surface area contributed by atoms with E-state index in [0.717, 1.165) is 5.56 Å². The van der Waals surface area contributed by atoms with Crippen molar-refractivity contribution in [1.29, 1.82) is 0 Å². The summed E-state index contributed by atoms with van der Waals surface area (Å²) in [7, 11) is 0. The summed E-state index contributed by atoms with van der Waals surface area (Å²) in [6.45, 7) is 6.30. The van der Waals surface area contributed by atoms with Gasteiger partial charge in [0.25, 0.3) is 0 Å². The highest BCUT2D eigenvalue weighted by Gasteiger charge is 2.25. The summed E-state index contributed by atoms with van der Waals surface area (Å²) in [5.41, 5.74) is 0.952. The molecular formula is C14H21N3O3. The average Bonchev–Trinajstić information content (AvgIpc) is 2.42. The molecule has 0 fully saturated rings. The predicted octanol–water partition coefficient (Wildman–Crippen LogP) is 1.72. The number of aliphatic carboxylic acids is 1. The highest BCUT2D eigenvalue weighted by molar-refractivity contribution is 5.82. The number of carbonyl (C=O) groups excluding carboxylic acids is 1. The Morgan fingerprint density at radius 2 is 1.95 bits per heavy atom. The molecule has 2 N–H and O–H groups in total. The summed E-state index contributed by atoms with van der Waals surface area (Å²) in [6, 6.07) is 2.40. The first-order chi connectivity index (χ1) is 9.45. The van der Waals surface area contributed by atoms with Crippen molar-refractivity contribution in [2.75, 3.05) is 6.54 Å². The monoisotopic (exact) mass is 279 g/mol. The van der Waals surface area contributed by atoms with Gasteiger partial charge in [-0.3, -0.25) is 4.98 Å². The van der Waals surface area contributed by atoms with Gasteiger partial charge in [-0.05, 0) is 30.5 Å². The van der Waals surface area contributed by atoms with Crippen molar-refractivity contribution in [3.8, 4) is 0 Å². The molecule has 1 aromatic heterocycles. The van der Waals surface area contributed by atoms with Crippen LogP contribution in [0.5, 0.6) is 0 Å². The third kappa shape index (κ3) is 4.53. The number of carbonyl (C=O) groups is 2. The van der Waals surface area contributed by atoms with Gasteiger partial charge in [0.05, 0.1) is 0 Å². The zero-order valence-electron chi connectivity index (χ0n) is 12.0. The topological polar surface area (TPSA) is 82.5 Å². The fourth-order valence-corrected chi connectivity index (χ4v) is 1.77. The summed E-state index contributed by atoms with van der Waals surface area (Å²) >= 11 is 0. The summed E-state index contributed by atoms with van der Waals surface area (Å²) < 4.78 is 0. The minimum Gasteiger partial charge on any atom is -0.480 e. The lowest BCUT2D eigenvalue weighted by molar-refractivity contribution is -0.140. The van der Waals surface area contributed by atoms with Gasteiger partial charge in [0.2, 0.25) is 0 Å². The Morgan fingerprint density at radius 1 is 1.35 bits per heavy atom. The number of urea groups is 1. The molecule has 0 aliphatic heterocycles. The van der Waals surface area contributed by atoms with Crippen molar-refractivity contribution in [3.63, 3.8) is 0 Å². The van der Waals surface area contributed by atoms with Crippen molar-refractivity contribution in [3.05, 3.63) is 30.1 Å². The Labute approximate surface area is 118 Å². The molecule has 110 valence electrons. The summed E-state index contributed by atoms with van der Waals surface area (Å²) in [4.78, 5) is 28.7. The number of hydrogen-bond acceptors (Lipinski definition) is 3. The number of aromatic nitrogens is 1. The number of carboxylic acid groups (broad SMARTS) is 1. The predicted molar refractivity (Wildman–Crippen MR) is 75.1 cm³/mol. The van der Waals surface area contributed by atoms with Crippen LogP contribution in [0.1, 0.15) is 26.3 Å². The van der Waals surface area contributed by atoms with Crippen LogP contribution in [0, 0.1) is 5.92 Å². The van der Waals surface area contributed by atoms with E-state index < -0.39 is 12.0 Å². The maximum Gasteiger partial charge on any atom is 0.326 e. The van der Waals surface area contributed by atoms with Crippen LogP contribution >= 0.6 is 0 Å². The van der Waals surface area contributed by atoms with Gasteiger partial charge in [0.15, 0.2) is 0 Å². The van der Waals surface area contributed by atoms with Gasteiger partial charge in [-0.2, -0.15) is 0 Å². The second-order valence-electron chi connectivity index (χ2n) is 4.88. The Balaban J connectivity index is 2.69. The average molecular weight is 279 g/mol. The molecule has 0 spiro atoms. The number of carboxylic acids is 1. The summed E-state index contributed by atoms with van der Waals surface area (Å²) in [5, 5.41) is 11.7. The van der Waals surface area contributed by atoms with Crippen molar-refractivity contribution >= 4 is 12.0 Å². The van der Waals surface area contributed by atoms with Gasteiger partial charge in [-0.25, -0.2) is 9.59 Å². The first kappa shape index (κ1) is 15.9. The van der Waals surface area contributed by atoms with Crippen LogP contribution in [-0.2, 0) is 11.3 Å². The molecule has 6 nitrogen and oxygen atoms in total. The normalized spacial score (nSPS) is 12.0. The Kier molecular flexibility index (Phi) is 5.96. The Bertz CT molecular complexity index is 448. The van der Waals surface area contributed by atoms with Crippen LogP contribution in [0.15, 0.2) is 24.5 Å². The SMILES string of the molecule is CCN(Cc1ccncc1)C(=O)N[C@H](C(=O)O)C(C)C. The van der Waals surface area contributed by atoms with Crippen molar-refractivity contribution in [1.82, 2.24) is 15.2 Å². The van der Waals surface area contributed by atoms with E-state index >= 15 is 0 Å². The van der Waals surface area contributed by atoms with Crippen molar-refractivity contribution in [2.24, 2.45) is 5.92 Å². The Morgan fingerprint density at radius 3 is 2.40 bits per heavy atom. The maximum absolute atomic E-state index is 12.1. The third-order valence-corrected chi connectivity index (χ3v) is 3.00. The van der Waals surface area contributed by atoms with Gasteiger partial charge in [0, 0.05) is 25.5 Å². The van der Waals surface area contributed by atoms with Crippen LogP contribution in [-0.4, -0.2) is 39.6 Å². The van der Waals surface area contributed by atoms with E-state index in [0.29, 0.717) is 13.1 Å². The van der Waals surface area contributed by atoms with Gasteiger partial charge < -0.3 is 15.3 Å². The molecular weight excluding hydrogens is 258 g/mol. The van der Waals surface area contributed by atoms with Crippen molar-refractivity contribution < 1.29 is 14.7 Å². The number of hydrogen-bond donors (Lipinski definition) is 2. The molecule has 1 heterocycles. The number of nitrogens with one attached hydrogen (secondary N) is 1. The standard InChI is InChI=1S/C14H21N3O3/c1-4-17(9-11-5-7-15-8-6-11)14(20)16-12(10(2)3)13(18)19/h5-8,10,12H,4,9H2,1-3H3,(H,16,20)(H,18,19)/t12-/m0/s1. The zero-order chi connectivity index (χ0) is 15.1. The molecule has 0 aliphatic carbocycles. The molecule has 0 aromatic carbocycles. The lowest BCUT2D eigenvalue weighted by atomic mass is 10.1. The third-order valence-electron chi connectivity index (χ3n) is 3.00. The van der Waals surface area contributed by atoms with Crippen LogP contribution < -0.4 is 5.32 Å². The number of amides is 2. The van der Waals surface area contributed by atoms with E-state index in [-0.39, 0.29) is 11.9 Å². The van der Waals surface area contributed by atoms with Crippen LogP contribution in [0.3, 0.4) is 0 Å². The van der Waals surface area contributed by atoms with Crippen molar-refractivity contribution in [2.45, 2.75) is 33.4 Å². The molecule has 0 saturated heterocycles. The molecule has 0 saturated carbocycles. The van der Waals surface area contributed by atoms with E-state index in [1.807, 2.05) is 19.1 Å². The number of rotatable bonds is 6. The molecule has 2 amide bonds. The van der Waals surface area contributed by atoms with E-state index in [2.05, 4.69) is 10.3 Å². The van der Waals surface area contributed by atoms with E-state index in [1.165, 1.54) is 0 Å². The van der Waals surface area contributed by atoms with Crippen LogP contribution in [0.4, 0.5) is 4.79 Å². The second-order valence-corrected chi connectivity index (χ2v) is 4.88. The molecule has 0 unspecified atom stereocenters. The maximum atomic E-state index is 12.1. The summed E-state index contributed by atoms with van der Waals surface area (Å²) in [6.07, 6.45) is 3.32. The fourth-order valence-electron chi connectivity index (χ4n) is 1.77. The van der Waals surface area contributed by atoms with E-state index in [4.69, 9.17) is 5.11 Å². The second kappa shape index (κ2) is 7.47. The molecule has 0 aliphatic rings. The lowest BCUT2D eigenvalue weighted by Crippen LogP contribution is -2.49. The first-order valence-corrected chi connectivity index (χ1v) is 6.62. The molecule has 0 radical (unpaired) electrons. The zero-order valence-corrected chi connectivity index (χ0v) is 12.0. The minimum atomic E-state index is -1.02. The number of nitrogens with zero attached hydrogens (tertiary/aromatic N) is 2. The molecule has 1 aromatic rings. The minimum absolute atomic E-state index is 0.170. The highest BCUT2D eigenvalue weighted by Crippen LogP contribution is 2.06. The molecule has 1 rings (SSSR count). The van der Waals surface area contributed by atoms with Crippen LogP contribution in [0.25, 0.3) is 0 Å². The molecule has 20 heavy (non-hydrogen) atoms. The lowest BCUT2D eigenvalue weighted by Gasteiger charge is -2.25. The van der Waals surface area contributed by atoms with Gasteiger partial charge in [0.1, 0.15) is 6.04 Å². The largest absolute Gasteiger partial charge is 0.480 e. The molecule has 1 atom stereocenters. The quantitative estimate of drug-likeness (QED) is 0.830. The highest BCUT2D eigenvalue weighted by atomic mass is 16.4. The van der Waals surface area contributed by atoms with E-state index in [1.54, 1.807) is 31.1 Å². The first-order valence-electron chi connectivity index (χ1n) is 6.62. The Hall–Kier alpha value is -2.11. The van der Waals surface area contributed by atoms with Crippen LogP contribution in [0.2, 0.25) is 0 Å². The summed E-state index contributed by atoms with van der Waals surface area (Å²) in [5.74, 6) is -1.19. The molecule has 6 heteroatoms. The fraction of sp³-hybridized carbons (Fsp3) is 0.500. The van der Waals surface area contributed by atoms with Gasteiger partial charge in [-0.15, -0.1) is 0 Å². The number of pyridine rings is 1.